The Kier molecular flexibility index (Phi) is 3.95. The van der Waals surface area contributed by atoms with Crippen molar-refractivity contribution in [2.75, 3.05) is 11.4 Å². The third-order valence-corrected chi connectivity index (χ3v) is 5.80. The lowest BCUT2D eigenvalue weighted by molar-refractivity contribution is 0.472. The molecule has 7 heteroatoms. The van der Waals surface area contributed by atoms with Gasteiger partial charge in [0.1, 0.15) is 5.52 Å². The average molecular weight is 364 g/mol. The molecule has 1 aliphatic heterocycles. The summed E-state index contributed by atoms with van der Waals surface area (Å²) in [6.45, 7) is 3.55. The number of anilines is 1. The maximum atomic E-state index is 12.6. The van der Waals surface area contributed by atoms with Gasteiger partial charge in [-0.15, -0.1) is 0 Å². The van der Waals surface area contributed by atoms with Crippen LogP contribution in [0.2, 0.25) is 0 Å². The van der Waals surface area contributed by atoms with Crippen LogP contribution >= 0.6 is 0 Å². The predicted molar refractivity (Wildman–Crippen MR) is 103 cm³/mol. The SMILES string of the molecule is Cc1cc2c(N3CCCC3Cn3nc4c(cc3=O)CCCC4)nccn2n1. The Morgan fingerprint density at radius 2 is 2.04 bits per heavy atom. The molecule has 0 saturated carbocycles. The highest BCUT2D eigenvalue weighted by atomic mass is 16.1. The van der Waals surface area contributed by atoms with E-state index < -0.39 is 0 Å². The first-order valence-corrected chi connectivity index (χ1v) is 9.86. The van der Waals surface area contributed by atoms with Gasteiger partial charge in [-0.25, -0.2) is 14.2 Å². The van der Waals surface area contributed by atoms with Crippen molar-refractivity contribution in [3.63, 3.8) is 0 Å². The fourth-order valence-corrected chi connectivity index (χ4v) is 4.49. The topological polar surface area (TPSA) is 68.3 Å². The van der Waals surface area contributed by atoms with Gasteiger partial charge in [0.25, 0.3) is 5.56 Å². The van der Waals surface area contributed by atoms with Crippen molar-refractivity contribution in [3.05, 3.63) is 51.8 Å². The molecule has 27 heavy (non-hydrogen) atoms. The Labute approximate surface area is 157 Å². The first-order chi connectivity index (χ1) is 13.2. The second kappa shape index (κ2) is 6.48. The van der Waals surface area contributed by atoms with Crippen LogP contribution in [0.3, 0.4) is 0 Å². The second-order valence-electron chi connectivity index (χ2n) is 7.70. The van der Waals surface area contributed by atoms with Crippen molar-refractivity contribution in [1.29, 1.82) is 0 Å². The van der Waals surface area contributed by atoms with Gasteiger partial charge in [-0.3, -0.25) is 4.79 Å². The molecule has 0 radical (unpaired) electrons. The van der Waals surface area contributed by atoms with Gasteiger partial charge in [0.2, 0.25) is 0 Å². The van der Waals surface area contributed by atoms with Gasteiger partial charge in [0, 0.05) is 25.0 Å². The molecule has 0 spiro atoms. The second-order valence-corrected chi connectivity index (χ2v) is 7.70. The van der Waals surface area contributed by atoms with E-state index in [1.807, 2.05) is 17.6 Å². The van der Waals surface area contributed by atoms with E-state index in [0.29, 0.717) is 6.54 Å². The first-order valence-electron chi connectivity index (χ1n) is 9.86. The van der Waals surface area contributed by atoms with E-state index in [0.717, 1.165) is 66.9 Å². The van der Waals surface area contributed by atoms with Crippen molar-refractivity contribution >= 4 is 11.3 Å². The summed E-state index contributed by atoms with van der Waals surface area (Å²) in [5, 5.41) is 9.21. The first kappa shape index (κ1) is 16.5. The molecule has 140 valence electrons. The van der Waals surface area contributed by atoms with E-state index in [2.05, 4.69) is 21.0 Å². The summed E-state index contributed by atoms with van der Waals surface area (Å²) in [5.74, 6) is 0.951. The van der Waals surface area contributed by atoms with Gasteiger partial charge in [0.15, 0.2) is 5.82 Å². The molecule has 1 saturated heterocycles. The van der Waals surface area contributed by atoms with Crippen LogP contribution in [0.5, 0.6) is 0 Å². The molecule has 0 N–H and O–H groups in total. The van der Waals surface area contributed by atoms with Crippen LogP contribution in [0, 0.1) is 6.92 Å². The normalized spacial score (nSPS) is 19.6. The molecule has 0 amide bonds. The van der Waals surface area contributed by atoms with Crippen LogP contribution in [0.4, 0.5) is 5.82 Å². The molecule has 1 atom stereocenters. The molecule has 0 aromatic carbocycles. The number of fused-ring (bicyclic) bond motifs is 2. The van der Waals surface area contributed by atoms with Gasteiger partial charge in [-0.1, -0.05) is 0 Å². The Balaban J connectivity index is 1.47. The largest absolute Gasteiger partial charge is 0.350 e. The zero-order valence-electron chi connectivity index (χ0n) is 15.6. The quantitative estimate of drug-likeness (QED) is 0.712. The highest BCUT2D eigenvalue weighted by Crippen LogP contribution is 2.28. The molecule has 2 aliphatic rings. The lowest BCUT2D eigenvalue weighted by atomic mass is 9.97. The summed E-state index contributed by atoms with van der Waals surface area (Å²) in [5.41, 5.74) is 4.28. The minimum Gasteiger partial charge on any atom is -0.350 e. The van der Waals surface area contributed by atoms with Crippen molar-refractivity contribution in [1.82, 2.24) is 24.4 Å². The molecule has 5 rings (SSSR count). The Bertz CT molecular complexity index is 1050. The summed E-state index contributed by atoms with van der Waals surface area (Å²) in [6, 6.07) is 4.10. The van der Waals surface area contributed by atoms with Crippen molar-refractivity contribution in [2.24, 2.45) is 0 Å². The van der Waals surface area contributed by atoms with Gasteiger partial charge >= 0.3 is 0 Å². The van der Waals surface area contributed by atoms with Crippen LogP contribution < -0.4 is 10.5 Å². The molecule has 3 aromatic heterocycles. The van der Waals surface area contributed by atoms with Crippen molar-refractivity contribution in [2.45, 2.75) is 58.0 Å². The third-order valence-electron chi connectivity index (χ3n) is 5.80. The number of hydrogen-bond donors (Lipinski definition) is 0. The smallest absolute Gasteiger partial charge is 0.267 e. The summed E-state index contributed by atoms with van der Waals surface area (Å²) >= 11 is 0. The predicted octanol–water partition coefficient (Wildman–Crippen LogP) is 2.14. The molecule has 1 fully saturated rings. The molecule has 1 unspecified atom stereocenters. The minimum absolute atomic E-state index is 0.0221. The van der Waals surface area contributed by atoms with E-state index in [4.69, 9.17) is 5.10 Å². The van der Waals surface area contributed by atoms with E-state index in [1.165, 1.54) is 6.42 Å². The monoisotopic (exact) mass is 364 g/mol. The zero-order valence-corrected chi connectivity index (χ0v) is 15.6. The van der Waals surface area contributed by atoms with Crippen LogP contribution in [0.1, 0.15) is 42.6 Å². The Morgan fingerprint density at radius 1 is 1.15 bits per heavy atom. The number of hydrogen-bond acceptors (Lipinski definition) is 5. The average Bonchev–Trinajstić information content (AvgIpc) is 3.27. The summed E-state index contributed by atoms with van der Waals surface area (Å²) in [6.07, 6.45) is 10.1. The van der Waals surface area contributed by atoms with E-state index in [9.17, 15) is 4.79 Å². The molecule has 0 bridgehead atoms. The van der Waals surface area contributed by atoms with Gasteiger partial charge in [0.05, 0.1) is 24.0 Å². The van der Waals surface area contributed by atoms with E-state index in [1.54, 1.807) is 16.9 Å². The van der Waals surface area contributed by atoms with E-state index >= 15 is 0 Å². The summed E-state index contributed by atoms with van der Waals surface area (Å²) in [4.78, 5) is 19.6. The van der Waals surface area contributed by atoms with E-state index in [-0.39, 0.29) is 11.6 Å². The number of nitrogens with zero attached hydrogens (tertiary/aromatic N) is 6. The molecule has 7 nitrogen and oxygen atoms in total. The lowest BCUT2D eigenvalue weighted by Crippen LogP contribution is -2.38. The van der Waals surface area contributed by atoms with Gasteiger partial charge < -0.3 is 4.90 Å². The highest BCUT2D eigenvalue weighted by Gasteiger charge is 2.28. The molecule has 3 aromatic rings. The number of aromatic nitrogens is 5. The lowest BCUT2D eigenvalue weighted by Gasteiger charge is -2.27. The maximum absolute atomic E-state index is 12.6. The Hall–Kier alpha value is -2.70. The molecular formula is C20H24N6O. The van der Waals surface area contributed by atoms with Crippen molar-refractivity contribution in [3.8, 4) is 0 Å². The Morgan fingerprint density at radius 3 is 2.96 bits per heavy atom. The maximum Gasteiger partial charge on any atom is 0.267 e. The standard InChI is InChI=1S/C20H24N6O/c1-14-11-18-20(21-8-10-25(18)22-14)24-9-4-6-16(24)13-26-19(27)12-15-5-2-3-7-17(15)23-26/h8,10-12,16H,2-7,9,13H2,1H3. The van der Waals surface area contributed by atoms with Crippen LogP contribution in [0.25, 0.3) is 5.52 Å². The molecular weight excluding hydrogens is 340 g/mol. The molecule has 4 heterocycles. The van der Waals surface area contributed by atoms with Crippen LogP contribution in [0.15, 0.2) is 29.3 Å². The third kappa shape index (κ3) is 2.91. The fraction of sp³-hybridized carbons (Fsp3) is 0.500. The number of rotatable bonds is 3. The molecule has 1 aliphatic carbocycles. The summed E-state index contributed by atoms with van der Waals surface area (Å²) in [7, 11) is 0. The van der Waals surface area contributed by atoms with Gasteiger partial charge in [-0.2, -0.15) is 10.2 Å². The highest BCUT2D eigenvalue weighted by molar-refractivity contribution is 5.69. The van der Waals surface area contributed by atoms with Crippen LogP contribution in [-0.4, -0.2) is 37.0 Å². The zero-order chi connectivity index (χ0) is 18.4. The fourth-order valence-electron chi connectivity index (χ4n) is 4.49. The van der Waals surface area contributed by atoms with Crippen molar-refractivity contribution < 1.29 is 0 Å². The summed E-state index contributed by atoms with van der Waals surface area (Å²) < 4.78 is 3.56. The number of aryl methyl sites for hydroxylation is 3. The minimum atomic E-state index is 0.0221. The van der Waals surface area contributed by atoms with Gasteiger partial charge in [-0.05, 0) is 57.1 Å². The van der Waals surface area contributed by atoms with Crippen LogP contribution in [-0.2, 0) is 19.4 Å².